The standard InChI is InChI=1S/C17H22O4/c1-17(2,3)13-9-16(19)21-14(13)10-15(18)20-11-12-7-5-4-6-8-12/h4-8,13-14H,9-11H2,1-3H3/t13-,14+/m0/s1. The van der Waals surface area contributed by atoms with Crippen molar-refractivity contribution in [3.05, 3.63) is 35.9 Å². The Labute approximate surface area is 125 Å². The summed E-state index contributed by atoms with van der Waals surface area (Å²) in [5.74, 6) is -0.502. The summed E-state index contributed by atoms with van der Waals surface area (Å²) >= 11 is 0. The topological polar surface area (TPSA) is 52.6 Å². The highest BCUT2D eigenvalue weighted by molar-refractivity contribution is 5.75. The van der Waals surface area contributed by atoms with E-state index in [0.29, 0.717) is 6.42 Å². The molecule has 1 aromatic carbocycles. The molecule has 2 rings (SSSR count). The van der Waals surface area contributed by atoms with Gasteiger partial charge < -0.3 is 9.47 Å². The molecule has 0 aromatic heterocycles. The van der Waals surface area contributed by atoms with Crippen molar-refractivity contribution >= 4 is 11.9 Å². The summed E-state index contributed by atoms with van der Waals surface area (Å²) in [6.07, 6.45) is 0.126. The molecule has 0 N–H and O–H groups in total. The maximum Gasteiger partial charge on any atom is 0.309 e. The van der Waals surface area contributed by atoms with Crippen LogP contribution in [-0.4, -0.2) is 18.0 Å². The molecule has 0 aliphatic carbocycles. The zero-order valence-electron chi connectivity index (χ0n) is 12.8. The molecule has 0 spiro atoms. The number of cyclic esters (lactones) is 1. The van der Waals surface area contributed by atoms with Crippen LogP contribution >= 0.6 is 0 Å². The van der Waals surface area contributed by atoms with Gasteiger partial charge in [-0.2, -0.15) is 0 Å². The van der Waals surface area contributed by atoms with Crippen LogP contribution in [0.4, 0.5) is 0 Å². The fourth-order valence-electron chi connectivity index (χ4n) is 2.62. The molecular weight excluding hydrogens is 268 g/mol. The Bertz CT molecular complexity index is 501. The van der Waals surface area contributed by atoms with Gasteiger partial charge in [-0.05, 0) is 11.0 Å². The number of ether oxygens (including phenoxy) is 2. The maximum absolute atomic E-state index is 11.9. The molecule has 4 nitrogen and oxygen atoms in total. The van der Waals surface area contributed by atoms with Gasteiger partial charge in [-0.3, -0.25) is 9.59 Å². The fraction of sp³-hybridized carbons (Fsp3) is 0.529. The van der Waals surface area contributed by atoms with Gasteiger partial charge in [0.15, 0.2) is 0 Å². The summed E-state index contributed by atoms with van der Waals surface area (Å²) in [7, 11) is 0. The highest BCUT2D eigenvalue weighted by atomic mass is 16.6. The quantitative estimate of drug-likeness (QED) is 0.800. The molecule has 2 atom stereocenters. The monoisotopic (exact) mass is 290 g/mol. The van der Waals surface area contributed by atoms with E-state index in [2.05, 4.69) is 20.8 Å². The number of hydrogen-bond acceptors (Lipinski definition) is 4. The van der Waals surface area contributed by atoms with Gasteiger partial charge in [-0.15, -0.1) is 0 Å². The molecule has 0 amide bonds. The van der Waals surface area contributed by atoms with Crippen molar-refractivity contribution in [2.75, 3.05) is 0 Å². The average Bonchev–Trinajstić information content (AvgIpc) is 2.78. The molecule has 0 saturated carbocycles. The summed E-state index contributed by atoms with van der Waals surface area (Å²) in [5, 5.41) is 0. The predicted octanol–water partition coefficient (Wildman–Crippen LogP) is 3.10. The smallest absolute Gasteiger partial charge is 0.309 e. The lowest BCUT2D eigenvalue weighted by molar-refractivity contribution is -0.151. The minimum absolute atomic E-state index is 0.0503. The van der Waals surface area contributed by atoms with Gasteiger partial charge in [0.05, 0.1) is 12.8 Å². The average molecular weight is 290 g/mol. The molecule has 1 fully saturated rings. The van der Waals surface area contributed by atoms with Crippen molar-refractivity contribution in [1.29, 1.82) is 0 Å². The van der Waals surface area contributed by atoms with Gasteiger partial charge >= 0.3 is 11.9 Å². The number of rotatable bonds is 4. The molecule has 1 aliphatic rings. The molecule has 1 aliphatic heterocycles. The third-order valence-corrected chi connectivity index (χ3v) is 3.84. The number of benzene rings is 1. The van der Waals surface area contributed by atoms with Crippen LogP contribution in [0.5, 0.6) is 0 Å². The summed E-state index contributed by atoms with van der Waals surface area (Å²) in [4.78, 5) is 23.4. The lowest BCUT2D eigenvalue weighted by Crippen LogP contribution is -2.30. The largest absolute Gasteiger partial charge is 0.461 e. The van der Waals surface area contributed by atoms with Gasteiger partial charge in [0.25, 0.3) is 0 Å². The summed E-state index contributed by atoms with van der Waals surface area (Å²) < 4.78 is 10.5. The predicted molar refractivity (Wildman–Crippen MR) is 78.3 cm³/mol. The lowest BCUT2D eigenvalue weighted by Gasteiger charge is -2.29. The lowest BCUT2D eigenvalue weighted by atomic mass is 9.76. The van der Waals surface area contributed by atoms with Crippen molar-refractivity contribution < 1.29 is 19.1 Å². The summed E-state index contributed by atoms with van der Waals surface area (Å²) in [6, 6.07) is 9.52. The molecule has 21 heavy (non-hydrogen) atoms. The van der Waals surface area contributed by atoms with Crippen LogP contribution in [-0.2, 0) is 25.7 Å². The second kappa shape index (κ2) is 6.29. The first kappa shape index (κ1) is 15.5. The number of carbonyl (C=O) groups is 2. The normalized spacial score (nSPS) is 22.0. The van der Waals surface area contributed by atoms with E-state index in [1.165, 1.54) is 0 Å². The maximum atomic E-state index is 11.9. The van der Waals surface area contributed by atoms with Crippen molar-refractivity contribution in [2.24, 2.45) is 11.3 Å². The third kappa shape index (κ3) is 4.31. The fourth-order valence-corrected chi connectivity index (χ4v) is 2.62. The van der Waals surface area contributed by atoms with Gasteiger partial charge in [-0.25, -0.2) is 0 Å². The molecule has 4 heteroatoms. The van der Waals surface area contributed by atoms with Gasteiger partial charge in [0.2, 0.25) is 0 Å². The van der Waals surface area contributed by atoms with Crippen LogP contribution in [0.2, 0.25) is 0 Å². The number of carbonyl (C=O) groups excluding carboxylic acids is 2. The highest BCUT2D eigenvalue weighted by Gasteiger charge is 2.43. The number of hydrogen-bond donors (Lipinski definition) is 0. The van der Waals surface area contributed by atoms with E-state index in [-0.39, 0.29) is 42.4 Å². The van der Waals surface area contributed by atoms with Crippen molar-refractivity contribution in [2.45, 2.75) is 46.3 Å². The third-order valence-electron chi connectivity index (χ3n) is 3.84. The Balaban J connectivity index is 1.88. The Kier molecular flexibility index (Phi) is 4.66. The molecule has 114 valence electrons. The first-order chi connectivity index (χ1) is 9.86. The van der Waals surface area contributed by atoms with Crippen molar-refractivity contribution in [3.63, 3.8) is 0 Å². The number of esters is 2. The Morgan fingerprint density at radius 1 is 1.29 bits per heavy atom. The van der Waals surface area contributed by atoms with E-state index in [1.54, 1.807) is 0 Å². The minimum atomic E-state index is -0.374. The van der Waals surface area contributed by atoms with E-state index in [4.69, 9.17) is 9.47 Å². The summed E-state index contributed by atoms with van der Waals surface area (Å²) in [6.45, 7) is 6.42. The van der Waals surface area contributed by atoms with E-state index < -0.39 is 0 Å². The van der Waals surface area contributed by atoms with Gasteiger partial charge in [0, 0.05) is 5.92 Å². The van der Waals surface area contributed by atoms with Crippen LogP contribution in [0.3, 0.4) is 0 Å². The first-order valence-electron chi connectivity index (χ1n) is 7.25. The van der Waals surface area contributed by atoms with Crippen LogP contribution in [0.1, 0.15) is 39.2 Å². The van der Waals surface area contributed by atoms with Gasteiger partial charge in [-0.1, -0.05) is 51.1 Å². The molecule has 0 bridgehead atoms. The van der Waals surface area contributed by atoms with E-state index in [0.717, 1.165) is 5.56 Å². The minimum Gasteiger partial charge on any atom is -0.461 e. The van der Waals surface area contributed by atoms with Crippen LogP contribution in [0.15, 0.2) is 30.3 Å². The molecule has 1 aromatic rings. The molecule has 1 heterocycles. The summed E-state index contributed by atoms with van der Waals surface area (Å²) in [5.41, 5.74) is 0.873. The second-order valence-electron chi connectivity index (χ2n) is 6.56. The van der Waals surface area contributed by atoms with Gasteiger partial charge in [0.1, 0.15) is 12.7 Å². The Morgan fingerprint density at radius 3 is 2.57 bits per heavy atom. The molecule has 0 unspecified atom stereocenters. The van der Waals surface area contributed by atoms with E-state index in [9.17, 15) is 9.59 Å². The van der Waals surface area contributed by atoms with Crippen molar-refractivity contribution in [1.82, 2.24) is 0 Å². The SMILES string of the molecule is CC(C)(C)[C@H]1CC(=O)O[C@@H]1CC(=O)OCc1ccccc1. The molecule has 1 saturated heterocycles. The Hall–Kier alpha value is -1.84. The zero-order valence-corrected chi connectivity index (χ0v) is 12.8. The Morgan fingerprint density at radius 2 is 1.95 bits per heavy atom. The highest BCUT2D eigenvalue weighted by Crippen LogP contribution is 2.38. The van der Waals surface area contributed by atoms with Crippen LogP contribution < -0.4 is 0 Å². The molecular formula is C17H22O4. The second-order valence-corrected chi connectivity index (χ2v) is 6.56. The first-order valence-corrected chi connectivity index (χ1v) is 7.25. The zero-order chi connectivity index (χ0) is 15.5. The van der Waals surface area contributed by atoms with Crippen LogP contribution in [0, 0.1) is 11.3 Å². The van der Waals surface area contributed by atoms with Crippen LogP contribution in [0.25, 0.3) is 0 Å². The van der Waals surface area contributed by atoms with E-state index in [1.807, 2.05) is 30.3 Å². The molecule has 0 radical (unpaired) electrons. The van der Waals surface area contributed by atoms with Crippen molar-refractivity contribution in [3.8, 4) is 0 Å². The van der Waals surface area contributed by atoms with E-state index >= 15 is 0 Å².